The summed E-state index contributed by atoms with van der Waals surface area (Å²) in [5.41, 5.74) is 6.88. The van der Waals surface area contributed by atoms with Crippen LogP contribution < -0.4 is 5.73 Å². The number of carbonyl (C=O) groups excluding carboxylic acids is 1. The lowest BCUT2D eigenvalue weighted by Crippen LogP contribution is -2.16. The molecule has 0 amide bonds. The average molecular weight is 318 g/mol. The Kier molecular flexibility index (Phi) is 5.75. The van der Waals surface area contributed by atoms with Crippen LogP contribution in [-0.2, 0) is 9.53 Å². The predicted molar refractivity (Wildman–Crippen MR) is 71.4 cm³/mol. The topological polar surface area (TPSA) is 52.3 Å². The molecule has 100 valence electrons. The Hall–Kier alpha value is -0.940. The van der Waals surface area contributed by atoms with Gasteiger partial charge in [-0.05, 0) is 46.0 Å². The van der Waals surface area contributed by atoms with Crippen molar-refractivity contribution >= 4 is 21.9 Å². The molecular weight excluding hydrogens is 301 g/mol. The zero-order valence-electron chi connectivity index (χ0n) is 10.5. The summed E-state index contributed by atoms with van der Waals surface area (Å²) in [6, 6.07) is 4.49. The van der Waals surface area contributed by atoms with Crippen molar-refractivity contribution in [3.63, 3.8) is 0 Å². The molecule has 2 atom stereocenters. The number of ether oxygens (including phenoxy) is 1. The van der Waals surface area contributed by atoms with Gasteiger partial charge in [0.2, 0.25) is 0 Å². The van der Waals surface area contributed by atoms with Crippen molar-refractivity contribution in [1.82, 2.24) is 0 Å². The van der Waals surface area contributed by atoms with Gasteiger partial charge in [-0.25, -0.2) is 4.39 Å². The minimum Gasteiger partial charge on any atom is -0.469 e. The summed E-state index contributed by atoms with van der Waals surface area (Å²) in [5, 5.41) is 0. The zero-order valence-corrected chi connectivity index (χ0v) is 12.0. The number of halogens is 2. The van der Waals surface area contributed by atoms with E-state index in [9.17, 15) is 9.18 Å². The van der Waals surface area contributed by atoms with Gasteiger partial charge in [-0.15, -0.1) is 0 Å². The maximum Gasteiger partial charge on any atom is 0.305 e. The van der Waals surface area contributed by atoms with E-state index in [0.717, 1.165) is 5.56 Å². The summed E-state index contributed by atoms with van der Waals surface area (Å²) in [6.45, 7) is 1.94. The predicted octanol–water partition coefficient (Wildman–Crippen LogP) is 3.18. The van der Waals surface area contributed by atoms with Crippen molar-refractivity contribution in [1.29, 1.82) is 0 Å². The monoisotopic (exact) mass is 317 g/mol. The molecule has 0 radical (unpaired) electrons. The smallest absolute Gasteiger partial charge is 0.305 e. The van der Waals surface area contributed by atoms with Crippen molar-refractivity contribution in [3.05, 3.63) is 34.1 Å². The highest BCUT2D eigenvalue weighted by Gasteiger charge is 2.15. The quantitative estimate of drug-likeness (QED) is 0.849. The highest BCUT2D eigenvalue weighted by molar-refractivity contribution is 9.10. The molecule has 2 N–H and O–H groups in total. The van der Waals surface area contributed by atoms with E-state index in [1.165, 1.54) is 13.2 Å². The van der Waals surface area contributed by atoms with Gasteiger partial charge < -0.3 is 10.5 Å². The van der Waals surface area contributed by atoms with Crippen molar-refractivity contribution in [2.45, 2.75) is 25.8 Å². The van der Waals surface area contributed by atoms with Crippen LogP contribution in [0.5, 0.6) is 0 Å². The minimum absolute atomic E-state index is 0.122. The maximum atomic E-state index is 13.1. The van der Waals surface area contributed by atoms with Gasteiger partial charge in [0, 0.05) is 12.5 Å². The lowest BCUT2D eigenvalue weighted by molar-refractivity contribution is -0.141. The zero-order chi connectivity index (χ0) is 13.7. The fourth-order valence-electron chi connectivity index (χ4n) is 1.76. The molecule has 18 heavy (non-hydrogen) atoms. The minimum atomic E-state index is -0.312. The van der Waals surface area contributed by atoms with E-state index in [1.807, 2.05) is 6.92 Å². The van der Waals surface area contributed by atoms with E-state index < -0.39 is 0 Å². The van der Waals surface area contributed by atoms with E-state index >= 15 is 0 Å². The second-order valence-corrected chi connectivity index (χ2v) is 5.26. The van der Waals surface area contributed by atoms with Gasteiger partial charge in [0.25, 0.3) is 0 Å². The summed E-state index contributed by atoms with van der Waals surface area (Å²) in [7, 11) is 1.37. The molecule has 0 aliphatic heterocycles. The van der Waals surface area contributed by atoms with Gasteiger partial charge in [0.15, 0.2) is 0 Å². The van der Waals surface area contributed by atoms with Gasteiger partial charge in [-0.3, -0.25) is 4.79 Å². The fourth-order valence-corrected chi connectivity index (χ4v) is 2.16. The summed E-state index contributed by atoms with van der Waals surface area (Å²) in [6.07, 6.45) is 0.986. The SMILES string of the molecule is COC(=O)CC(C)CC(N)c1ccc(F)c(Br)c1. The van der Waals surface area contributed by atoms with Crippen LogP contribution in [0.2, 0.25) is 0 Å². The molecule has 0 fully saturated rings. The molecule has 0 bridgehead atoms. The number of methoxy groups -OCH3 is 1. The highest BCUT2D eigenvalue weighted by Crippen LogP contribution is 2.25. The van der Waals surface area contributed by atoms with Crippen LogP contribution in [0.4, 0.5) is 4.39 Å². The van der Waals surface area contributed by atoms with E-state index in [4.69, 9.17) is 5.73 Å². The molecule has 0 saturated heterocycles. The molecule has 1 aromatic rings. The molecule has 3 nitrogen and oxygen atoms in total. The van der Waals surface area contributed by atoms with E-state index in [-0.39, 0.29) is 23.7 Å². The normalized spacial score (nSPS) is 14.1. The van der Waals surface area contributed by atoms with Crippen molar-refractivity contribution < 1.29 is 13.9 Å². The Morgan fingerprint density at radius 2 is 2.22 bits per heavy atom. The van der Waals surface area contributed by atoms with Crippen LogP contribution in [0.15, 0.2) is 22.7 Å². The first kappa shape index (κ1) is 15.1. The lowest BCUT2D eigenvalue weighted by atomic mass is 9.94. The Morgan fingerprint density at radius 3 is 2.78 bits per heavy atom. The third-order valence-corrected chi connectivity index (χ3v) is 3.38. The molecule has 1 aromatic carbocycles. The van der Waals surface area contributed by atoms with Crippen LogP contribution in [0.1, 0.15) is 31.4 Å². The van der Waals surface area contributed by atoms with Gasteiger partial charge >= 0.3 is 5.97 Å². The largest absolute Gasteiger partial charge is 0.469 e. The molecule has 0 saturated carbocycles. The summed E-state index contributed by atoms with van der Waals surface area (Å²) in [4.78, 5) is 11.1. The number of rotatable bonds is 5. The number of hydrogen-bond donors (Lipinski definition) is 1. The average Bonchev–Trinajstić information content (AvgIpc) is 2.32. The Balaban J connectivity index is 2.61. The van der Waals surface area contributed by atoms with E-state index in [0.29, 0.717) is 17.3 Å². The first-order chi connectivity index (χ1) is 8.43. The number of benzene rings is 1. The van der Waals surface area contributed by atoms with E-state index in [1.54, 1.807) is 12.1 Å². The van der Waals surface area contributed by atoms with Crippen LogP contribution >= 0.6 is 15.9 Å². The van der Waals surface area contributed by atoms with E-state index in [2.05, 4.69) is 20.7 Å². The number of carbonyl (C=O) groups is 1. The number of esters is 1. The van der Waals surface area contributed by atoms with Crippen molar-refractivity contribution in [3.8, 4) is 0 Å². The van der Waals surface area contributed by atoms with Crippen LogP contribution in [0.25, 0.3) is 0 Å². The molecule has 0 aromatic heterocycles. The molecule has 0 spiro atoms. The Labute approximate surface area is 115 Å². The van der Waals surface area contributed by atoms with Gasteiger partial charge in [0.05, 0.1) is 11.6 Å². The molecule has 5 heteroatoms. The molecule has 2 unspecified atom stereocenters. The number of hydrogen-bond acceptors (Lipinski definition) is 3. The first-order valence-electron chi connectivity index (χ1n) is 5.71. The lowest BCUT2D eigenvalue weighted by Gasteiger charge is -2.17. The Bertz CT molecular complexity index is 425. The Morgan fingerprint density at radius 1 is 1.56 bits per heavy atom. The molecule has 0 aliphatic rings. The summed E-state index contributed by atoms with van der Waals surface area (Å²) in [5.74, 6) is -0.431. The maximum absolute atomic E-state index is 13.1. The van der Waals surface area contributed by atoms with Gasteiger partial charge in [-0.1, -0.05) is 13.0 Å². The van der Waals surface area contributed by atoms with Crippen LogP contribution in [-0.4, -0.2) is 13.1 Å². The first-order valence-corrected chi connectivity index (χ1v) is 6.50. The molecule has 0 heterocycles. The van der Waals surface area contributed by atoms with Crippen LogP contribution in [0.3, 0.4) is 0 Å². The molecular formula is C13H17BrFNO2. The molecule has 0 aliphatic carbocycles. The van der Waals surface area contributed by atoms with Gasteiger partial charge in [-0.2, -0.15) is 0 Å². The fraction of sp³-hybridized carbons (Fsp3) is 0.462. The number of nitrogens with two attached hydrogens (primary N) is 1. The third-order valence-electron chi connectivity index (χ3n) is 2.77. The second-order valence-electron chi connectivity index (χ2n) is 4.40. The highest BCUT2D eigenvalue weighted by atomic mass is 79.9. The summed E-state index contributed by atoms with van der Waals surface area (Å²) < 4.78 is 18.1. The summed E-state index contributed by atoms with van der Waals surface area (Å²) >= 11 is 3.13. The molecule has 1 rings (SSSR count). The third kappa shape index (κ3) is 4.38. The van der Waals surface area contributed by atoms with Gasteiger partial charge in [0.1, 0.15) is 5.82 Å². The van der Waals surface area contributed by atoms with Crippen molar-refractivity contribution in [2.75, 3.05) is 7.11 Å². The van der Waals surface area contributed by atoms with Crippen LogP contribution in [0, 0.1) is 11.7 Å². The van der Waals surface area contributed by atoms with Crippen molar-refractivity contribution in [2.24, 2.45) is 11.7 Å². The second kappa shape index (κ2) is 6.85. The standard InChI is InChI=1S/C13H17BrFNO2/c1-8(6-13(17)18-2)5-12(16)9-3-4-11(15)10(14)7-9/h3-4,7-8,12H,5-6,16H2,1-2H3.